The van der Waals surface area contributed by atoms with Crippen LogP contribution in [0.2, 0.25) is 0 Å². The van der Waals surface area contributed by atoms with Crippen LogP contribution >= 0.6 is 0 Å². The van der Waals surface area contributed by atoms with Crippen LogP contribution < -0.4 is 0 Å². The first-order valence-corrected chi connectivity index (χ1v) is 10.5. The highest BCUT2D eigenvalue weighted by molar-refractivity contribution is 5.94. The summed E-state index contributed by atoms with van der Waals surface area (Å²) in [6.07, 6.45) is 3.89. The molecule has 2 saturated heterocycles. The van der Waals surface area contributed by atoms with Gasteiger partial charge in [-0.15, -0.1) is 0 Å². The molecule has 2 heterocycles. The Kier molecular flexibility index (Phi) is 6.10. The molecule has 0 aromatic heterocycles. The van der Waals surface area contributed by atoms with E-state index in [1.807, 2.05) is 9.80 Å². The summed E-state index contributed by atoms with van der Waals surface area (Å²) in [5, 5.41) is 0. The number of nitrogens with zero attached hydrogens (tertiary/aromatic N) is 4. The lowest BCUT2D eigenvalue weighted by molar-refractivity contribution is -0.135. The zero-order valence-corrected chi connectivity index (χ0v) is 16.7. The minimum atomic E-state index is -0.839. The molecule has 0 radical (unpaired) electrons. The molecule has 3 fully saturated rings. The van der Waals surface area contributed by atoms with Crippen molar-refractivity contribution >= 4 is 11.8 Å². The Labute approximate surface area is 170 Å². The molecule has 158 valence electrons. The molecule has 0 unspecified atom stereocenters. The van der Waals surface area contributed by atoms with Crippen molar-refractivity contribution in [2.75, 3.05) is 58.9 Å². The summed E-state index contributed by atoms with van der Waals surface area (Å²) in [7, 11) is 0. The molecule has 4 rings (SSSR count). The van der Waals surface area contributed by atoms with E-state index in [0.29, 0.717) is 32.7 Å². The van der Waals surface area contributed by atoms with Crippen LogP contribution in [0.5, 0.6) is 0 Å². The minimum Gasteiger partial charge on any atom is -0.339 e. The lowest BCUT2D eigenvalue weighted by Gasteiger charge is -2.43. The Morgan fingerprint density at radius 1 is 0.862 bits per heavy atom. The highest BCUT2D eigenvalue weighted by Gasteiger charge is 2.31. The van der Waals surface area contributed by atoms with Gasteiger partial charge in [-0.1, -0.05) is 12.5 Å². The summed E-state index contributed by atoms with van der Waals surface area (Å²) < 4.78 is 27.7. The molecule has 2 aliphatic heterocycles. The van der Waals surface area contributed by atoms with E-state index in [4.69, 9.17) is 0 Å². The maximum absolute atomic E-state index is 13.9. The third-order valence-corrected chi connectivity index (χ3v) is 6.45. The fourth-order valence-corrected chi connectivity index (χ4v) is 4.35. The number of carbonyl (C=O) groups excluding carboxylic acids is 2. The number of piperazine rings is 2. The van der Waals surface area contributed by atoms with E-state index in [1.54, 1.807) is 0 Å². The number of rotatable bonds is 4. The van der Waals surface area contributed by atoms with E-state index in [1.165, 1.54) is 30.2 Å². The summed E-state index contributed by atoms with van der Waals surface area (Å²) in [6.45, 7) is 5.55. The van der Waals surface area contributed by atoms with Crippen molar-refractivity contribution in [1.82, 2.24) is 19.6 Å². The molecule has 1 aliphatic carbocycles. The van der Waals surface area contributed by atoms with Crippen molar-refractivity contribution < 1.29 is 18.4 Å². The maximum atomic E-state index is 13.9. The fraction of sp³-hybridized carbons (Fsp3) is 0.619. The molecule has 2 amide bonds. The van der Waals surface area contributed by atoms with Crippen LogP contribution in [0.25, 0.3) is 0 Å². The van der Waals surface area contributed by atoms with E-state index in [-0.39, 0.29) is 5.91 Å². The summed E-state index contributed by atoms with van der Waals surface area (Å²) in [5.41, 5.74) is -0.499. The third-order valence-electron chi connectivity index (χ3n) is 6.45. The number of hydrogen-bond acceptors (Lipinski definition) is 4. The van der Waals surface area contributed by atoms with Crippen molar-refractivity contribution in [2.45, 2.75) is 25.3 Å². The van der Waals surface area contributed by atoms with Gasteiger partial charge in [-0.25, -0.2) is 8.78 Å². The lowest BCUT2D eigenvalue weighted by Crippen LogP contribution is -2.56. The van der Waals surface area contributed by atoms with Crippen LogP contribution in [-0.4, -0.2) is 96.4 Å². The second-order valence-corrected chi connectivity index (χ2v) is 8.17. The normalized spacial score (nSPS) is 21.9. The van der Waals surface area contributed by atoms with Gasteiger partial charge in [-0.05, 0) is 25.0 Å². The average molecular weight is 406 g/mol. The van der Waals surface area contributed by atoms with E-state index >= 15 is 0 Å². The molecule has 3 aliphatic rings. The monoisotopic (exact) mass is 406 g/mol. The minimum absolute atomic E-state index is 0.123. The van der Waals surface area contributed by atoms with Gasteiger partial charge in [-0.2, -0.15) is 0 Å². The molecule has 0 bridgehead atoms. The van der Waals surface area contributed by atoms with Gasteiger partial charge in [0.2, 0.25) is 5.91 Å². The predicted octanol–water partition coefficient (Wildman–Crippen LogP) is 1.42. The number of benzene rings is 1. The Morgan fingerprint density at radius 3 is 2.00 bits per heavy atom. The Bertz CT molecular complexity index is 735. The van der Waals surface area contributed by atoms with Gasteiger partial charge in [0.1, 0.15) is 17.2 Å². The summed E-state index contributed by atoms with van der Waals surface area (Å²) in [6, 6.07) is 4.15. The first-order chi connectivity index (χ1) is 14.0. The average Bonchev–Trinajstić information content (AvgIpc) is 2.67. The Balaban J connectivity index is 1.23. The summed E-state index contributed by atoms with van der Waals surface area (Å²) in [4.78, 5) is 33.0. The number of halogens is 2. The predicted molar refractivity (Wildman–Crippen MR) is 104 cm³/mol. The molecule has 0 atom stereocenters. The molecule has 29 heavy (non-hydrogen) atoms. The van der Waals surface area contributed by atoms with Gasteiger partial charge in [0.15, 0.2) is 0 Å². The Morgan fingerprint density at radius 2 is 1.45 bits per heavy atom. The van der Waals surface area contributed by atoms with E-state index in [0.717, 1.165) is 44.4 Å². The maximum Gasteiger partial charge on any atom is 0.259 e. The smallest absolute Gasteiger partial charge is 0.259 e. The summed E-state index contributed by atoms with van der Waals surface area (Å²) >= 11 is 0. The van der Waals surface area contributed by atoms with Crippen molar-refractivity contribution in [3.63, 3.8) is 0 Å². The molecule has 0 spiro atoms. The molecule has 1 aromatic rings. The van der Waals surface area contributed by atoms with Gasteiger partial charge in [0.05, 0.1) is 6.54 Å². The van der Waals surface area contributed by atoms with Crippen LogP contribution in [0, 0.1) is 11.6 Å². The first-order valence-electron chi connectivity index (χ1n) is 10.5. The van der Waals surface area contributed by atoms with Crippen LogP contribution in [0.1, 0.15) is 29.6 Å². The topological polar surface area (TPSA) is 47.1 Å². The highest BCUT2D eigenvalue weighted by Crippen LogP contribution is 2.25. The molecule has 0 N–H and O–H groups in total. The number of carbonyl (C=O) groups is 2. The quantitative estimate of drug-likeness (QED) is 0.759. The zero-order chi connectivity index (χ0) is 20.4. The SMILES string of the molecule is O=C(CN1CCN(C(=O)c2c(F)cccc2F)CC1)N1CCN(C2CCC2)CC1. The molecule has 6 nitrogen and oxygen atoms in total. The van der Waals surface area contributed by atoms with Gasteiger partial charge in [0, 0.05) is 58.4 Å². The lowest BCUT2D eigenvalue weighted by atomic mass is 9.91. The molecular formula is C21H28F2N4O2. The Hall–Kier alpha value is -2.06. The second-order valence-electron chi connectivity index (χ2n) is 8.17. The molecule has 8 heteroatoms. The van der Waals surface area contributed by atoms with Crippen molar-refractivity contribution in [2.24, 2.45) is 0 Å². The number of hydrogen-bond donors (Lipinski definition) is 0. The molecule has 1 aromatic carbocycles. The van der Waals surface area contributed by atoms with Crippen LogP contribution in [-0.2, 0) is 4.79 Å². The standard InChI is InChI=1S/C21H28F2N4O2/c22-17-5-2-6-18(23)20(17)21(29)27-9-7-24(8-10-27)15-19(28)26-13-11-25(12-14-26)16-3-1-4-16/h2,5-6,16H,1,3-4,7-15H2. The molecule has 1 saturated carbocycles. The largest absolute Gasteiger partial charge is 0.339 e. The van der Waals surface area contributed by atoms with Crippen molar-refractivity contribution in [3.8, 4) is 0 Å². The van der Waals surface area contributed by atoms with Gasteiger partial charge in [-0.3, -0.25) is 19.4 Å². The summed E-state index contributed by atoms with van der Waals surface area (Å²) in [5.74, 6) is -2.18. The number of amides is 2. The zero-order valence-electron chi connectivity index (χ0n) is 16.7. The van der Waals surface area contributed by atoms with Crippen LogP contribution in [0.15, 0.2) is 18.2 Å². The van der Waals surface area contributed by atoms with Crippen molar-refractivity contribution in [3.05, 3.63) is 35.4 Å². The van der Waals surface area contributed by atoms with E-state index in [9.17, 15) is 18.4 Å². The van der Waals surface area contributed by atoms with Gasteiger partial charge >= 0.3 is 0 Å². The molecular weight excluding hydrogens is 378 g/mol. The van der Waals surface area contributed by atoms with Crippen molar-refractivity contribution in [1.29, 1.82) is 0 Å². The first kappa shape index (κ1) is 20.2. The van der Waals surface area contributed by atoms with Crippen LogP contribution in [0.4, 0.5) is 8.78 Å². The van der Waals surface area contributed by atoms with E-state index < -0.39 is 23.1 Å². The fourth-order valence-electron chi connectivity index (χ4n) is 4.35. The van der Waals surface area contributed by atoms with E-state index in [2.05, 4.69) is 4.90 Å². The van der Waals surface area contributed by atoms with Gasteiger partial charge < -0.3 is 9.80 Å². The van der Waals surface area contributed by atoms with Gasteiger partial charge in [0.25, 0.3) is 5.91 Å². The van der Waals surface area contributed by atoms with Crippen LogP contribution in [0.3, 0.4) is 0 Å². The third kappa shape index (κ3) is 4.43. The second kappa shape index (κ2) is 8.75. The highest BCUT2D eigenvalue weighted by atomic mass is 19.1.